The van der Waals surface area contributed by atoms with E-state index in [0.29, 0.717) is 17.7 Å². The topological polar surface area (TPSA) is 66.8 Å². The van der Waals surface area contributed by atoms with E-state index in [1.807, 2.05) is 49.4 Å². The molecule has 2 aromatic rings. The van der Waals surface area contributed by atoms with E-state index in [1.165, 1.54) is 0 Å². The van der Waals surface area contributed by atoms with Gasteiger partial charge in [-0.15, -0.1) is 0 Å². The minimum absolute atomic E-state index is 0.0334. The number of hydrogen-bond donors (Lipinski definition) is 1. The molecule has 130 valence electrons. The van der Waals surface area contributed by atoms with Gasteiger partial charge in [0.05, 0.1) is 19.4 Å². The van der Waals surface area contributed by atoms with Crippen molar-refractivity contribution in [2.24, 2.45) is 0 Å². The number of ether oxygens (including phenoxy) is 1. The summed E-state index contributed by atoms with van der Waals surface area (Å²) in [5.74, 6) is -0.705. The third kappa shape index (κ3) is 3.36. The summed E-state index contributed by atoms with van der Waals surface area (Å²) in [5.41, 5.74) is 2.30. The zero-order chi connectivity index (χ0) is 18.0. The first-order valence-corrected chi connectivity index (χ1v) is 8.28. The van der Waals surface area contributed by atoms with Crippen LogP contribution < -0.4 is 9.64 Å². The van der Waals surface area contributed by atoms with Crippen molar-refractivity contribution in [1.29, 1.82) is 0 Å². The van der Waals surface area contributed by atoms with Crippen LogP contribution in [0.1, 0.15) is 30.4 Å². The van der Waals surface area contributed by atoms with Crippen LogP contribution in [0.25, 0.3) is 0 Å². The Bertz CT molecular complexity index is 785. The lowest BCUT2D eigenvalue weighted by atomic mass is 9.86. The minimum Gasteiger partial charge on any atom is -0.497 e. The van der Waals surface area contributed by atoms with Gasteiger partial charge in [-0.05, 0) is 42.7 Å². The maximum absolute atomic E-state index is 12.9. The SMILES string of the molecule is COc1ccc(CC(=O)N2c3ccccc3[C@@H](C(=O)O)C[C@H]2C)cc1. The predicted octanol–water partition coefficient (Wildman–Crippen LogP) is 3.23. The summed E-state index contributed by atoms with van der Waals surface area (Å²) in [5, 5.41) is 9.50. The van der Waals surface area contributed by atoms with Crippen LogP contribution in [0.15, 0.2) is 48.5 Å². The number of carbonyl (C=O) groups excluding carboxylic acids is 1. The lowest BCUT2D eigenvalue weighted by Gasteiger charge is -2.38. The van der Waals surface area contributed by atoms with Crippen molar-refractivity contribution in [2.75, 3.05) is 12.0 Å². The van der Waals surface area contributed by atoms with E-state index >= 15 is 0 Å². The average molecular weight is 339 g/mol. The van der Waals surface area contributed by atoms with Gasteiger partial charge in [0.2, 0.25) is 5.91 Å². The molecule has 0 radical (unpaired) electrons. The number of para-hydroxylation sites is 1. The summed E-state index contributed by atoms with van der Waals surface area (Å²) in [6.45, 7) is 1.90. The Morgan fingerprint density at radius 3 is 2.48 bits per heavy atom. The van der Waals surface area contributed by atoms with Gasteiger partial charge in [0.15, 0.2) is 0 Å². The Morgan fingerprint density at radius 2 is 1.84 bits per heavy atom. The summed E-state index contributed by atoms with van der Waals surface area (Å²) < 4.78 is 5.14. The molecule has 1 aliphatic rings. The van der Waals surface area contributed by atoms with Crippen molar-refractivity contribution in [2.45, 2.75) is 31.7 Å². The molecule has 0 bridgehead atoms. The Kier molecular flexibility index (Phi) is 4.74. The molecule has 0 saturated heterocycles. The van der Waals surface area contributed by atoms with Crippen LogP contribution in [0.5, 0.6) is 5.75 Å². The van der Waals surface area contributed by atoms with Gasteiger partial charge in [-0.3, -0.25) is 9.59 Å². The third-order valence-electron chi connectivity index (χ3n) is 4.67. The highest BCUT2D eigenvalue weighted by atomic mass is 16.5. The van der Waals surface area contributed by atoms with Crippen LogP contribution in [0.3, 0.4) is 0 Å². The molecule has 0 spiro atoms. The zero-order valence-corrected chi connectivity index (χ0v) is 14.3. The molecule has 0 unspecified atom stereocenters. The first kappa shape index (κ1) is 17.0. The lowest BCUT2D eigenvalue weighted by Crippen LogP contribution is -2.45. The molecule has 5 nitrogen and oxygen atoms in total. The average Bonchev–Trinajstić information content (AvgIpc) is 2.61. The molecule has 0 aliphatic carbocycles. The molecular formula is C20H21NO4. The van der Waals surface area contributed by atoms with Crippen molar-refractivity contribution in [1.82, 2.24) is 0 Å². The second kappa shape index (κ2) is 6.97. The number of benzene rings is 2. The number of methoxy groups -OCH3 is 1. The lowest BCUT2D eigenvalue weighted by molar-refractivity contribution is -0.139. The van der Waals surface area contributed by atoms with Gasteiger partial charge in [-0.2, -0.15) is 0 Å². The highest BCUT2D eigenvalue weighted by Gasteiger charge is 2.36. The molecule has 2 atom stereocenters. The maximum atomic E-state index is 12.9. The molecule has 1 aliphatic heterocycles. The summed E-state index contributed by atoms with van der Waals surface area (Å²) in [4.78, 5) is 26.2. The Labute approximate surface area is 146 Å². The fourth-order valence-corrected chi connectivity index (χ4v) is 3.43. The largest absolute Gasteiger partial charge is 0.497 e. The molecule has 25 heavy (non-hydrogen) atoms. The summed E-state index contributed by atoms with van der Waals surface area (Å²) in [6, 6.07) is 14.5. The summed E-state index contributed by atoms with van der Waals surface area (Å²) >= 11 is 0. The van der Waals surface area contributed by atoms with Gasteiger partial charge < -0.3 is 14.7 Å². The first-order chi connectivity index (χ1) is 12.0. The van der Waals surface area contributed by atoms with E-state index in [-0.39, 0.29) is 18.4 Å². The molecule has 0 aromatic heterocycles. The van der Waals surface area contributed by atoms with Crippen molar-refractivity contribution in [3.63, 3.8) is 0 Å². The number of fused-ring (bicyclic) bond motifs is 1. The normalized spacial score (nSPS) is 19.2. The van der Waals surface area contributed by atoms with Crippen molar-refractivity contribution < 1.29 is 19.4 Å². The zero-order valence-electron chi connectivity index (χ0n) is 14.3. The molecule has 5 heteroatoms. The number of anilines is 1. The van der Waals surface area contributed by atoms with E-state index in [9.17, 15) is 14.7 Å². The van der Waals surface area contributed by atoms with Crippen LogP contribution in [0.2, 0.25) is 0 Å². The van der Waals surface area contributed by atoms with Crippen molar-refractivity contribution in [3.05, 3.63) is 59.7 Å². The number of aliphatic carboxylic acids is 1. The highest BCUT2D eigenvalue weighted by molar-refractivity contribution is 5.98. The van der Waals surface area contributed by atoms with E-state index in [4.69, 9.17) is 4.74 Å². The fraction of sp³-hybridized carbons (Fsp3) is 0.300. The molecule has 1 amide bonds. The van der Waals surface area contributed by atoms with Gasteiger partial charge in [-0.1, -0.05) is 30.3 Å². The summed E-state index contributed by atoms with van der Waals surface area (Å²) in [6.07, 6.45) is 0.682. The number of carbonyl (C=O) groups is 2. The smallest absolute Gasteiger partial charge is 0.311 e. The maximum Gasteiger partial charge on any atom is 0.311 e. The van der Waals surface area contributed by atoms with E-state index in [1.54, 1.807) is 18.1 Å². The molecule has 1 N–H and O–H groups in total. The standard InChI is InChI=1S/C20H21NO4/c1-13-11-17(20(23)24)16-5-3-4-6-18(16)21(13)19(22)12-14-7-9-15(25-2)10-8-14/h3-10,13,17H,11-12H2,1-2H3,(H,23,24)/t13-,17+/m1/s1. The van der Waals surface area contributed by atoms with Crippen LogP contribution in [-0.2, 0) is 16.0 Å². The van der Waals surface area contributed by atoms with Crippen LogP contribution in [0, 0.1) is 0 Å². The number of nitrogens with zero attached hydrogens (tertiary/aromatic N) is 1. The van der Waals surface area contributed by atoms with E-state index in [2.05, 4.69) is 0 Å². The molecular weight excluding hydrogens is 318 g/mol. The van der Waals surface area contributed by atoms with Crippen LogP contribution >= 0.6 is 0 Å². The van der Waals surface area contributed by atoms with Gasteiger partial charge >= 0.3 is 5.97 Å². The number of carboxylic acid groups (broad SMARTS) is 1. The second-order valence-electron chi connectivity index (χ2n) is 6.32. The number of hydrogen-bond acceptors (Lipinski definition) is 3. The van der Waals surface area contributed by atoms with E-state index in [0.717, 1.165) is 11.3 Å². The Hall–Kier alpha value is -2.82. The molecule has 0 fully saturated rings. The molecule has 0 saturated carbocycles. The monoisotopic (exact) mass is 339 g/mol. The molecule has 3 rings (SSSR count). The van der Waals surface area contributed by atoms with Crippen molar-refractivity contribution in [3.8, 4) is 5.75 Å². The molecule has 2 aromatic carbocycles. The predicted molar refractivity (Wildman–Crippen MR) is 95.1 cm³/mol. The summed E-state index contributed by atoms with van der Waals surface area (Å²) in [7, 11) is 1.60. The highest BCUT2D eigenvalue weighted by Crippen LogP contribution is 2.38. The van der Waals surface area contributed by atoms with Crippen molar-refractivity contribution >= 4 is 17.6 Å². The van der Waals surface area contributed by atoms with Gasteiger partial charge in [0, 0.05) is 11.7 Å². The van der Waals surface area contributed by atoms with Crippen LogP contribution in [0.4, 0.5) is 5.69 Å². The second-order valence-corrected chi connectivity index (χ2v) is 6.32. The van der Waals surface area contributed by atoms with Crippen LogP contribution in [-0.4, -0.2) is 30.1 Å². The van der Waals surface area contributed by atoms with Gasteiger partial charge in [-0.25, -0.2) is 0 Å². The number of amides is 1. The quantitative estimate of drug-likeness (QED) is 0.929. The number of carboxylic acids is 1. The van der Waals surface area contributed by atoms with E-state index < -0.39 is 11.9 Å². The Balaban J connectivity index is 1.88. The van der Waals surface area contributed by atoms with Gasteiger partial charge in [0.1, 0.15) is 5.75 Å². The number of rotatable bonds is 4. The third-order valence-corrected chi connectivity index (χ3v) is 4.67. The van der Waals surface area contributed by atoms with Gasteiger partial charge in [0.25, 0.3) is 0 Å². The first-order valence-electron chi connectivity index (χ1n) is 8.28. The Morgan fingerprint density at radius 1 is 1.16 bits per heavy atom. The molecule has 1 heterocycles. The fourth-order valence-electron chi connectivity index (χ4n) is 3.43. The minimum atomic E-state index is -0.846.